The van der Waals surface area contributed by atoms with Crippen molar-refractivity contribution in [3.63, 3.8) is 0 Å². The van der Waals surface area contributed by atoms with E-state index >= 15 is 0 Å². The van der Waals surface area contributed by atoms with E-state index in [9.17, 15) is 4.39 Å². The van der Waals surface area contributed by atoms with E-state index in [-0.39, 0.29) is 11.7 Å². The highest BCUT2D eigenvalue weighted by Crippen LogP contribution is 2.31. The number of hydrogen-bond donors (Lipinski definition) is 1. The number of aryl methyl sites for hydroxylation is 1. The fourth-order valence-corrected chi connectivity index (χ4v) is 2.27. The lowest BCUT2D eigenvalue weighted by Gasteiger charge is -2.09. The highest BCUT2D eigenvalue weighted by atomic mass is 19.1. The number of anilines is 1. The smallest absolute Gasteiger partial charge is 0.240 e. The van der Waals surface area contributed by atoms with Gasteiger partial charge in [-0.15, -0.1) is 10.2 Å². The van der Waals surface area contributed by atoms with Gasteiger partial charge in [0, 0.05) is 5.56 Å². The third-order valence-corrected chi connectivity index (χ3v) is 3.26. The van der Waals surface area contributed by atoms with Gasteiger partial charge in [0.25, 0.3) is 0 Å². The minimum absolute atomic E-state index is 0.117. The zero-order valence-electron chi connectivity index (χ0n) is 11.6. The van der Waals surface area contributed by atoms with E-state index < -0.39 is 5.82 Å². The molecule has 0 saturated carbocycles. The number of ether oxygens (including phenoxy) is 1. The first kappa shape index (κ1) is 13.2. The summed E-state index contributed by atoms with van der Waals surface area (Å²) in [6.07, 6.45) is 0. The lowest BCUT2D eigenvalue weighted by atomic mass is 10.0. The highest BCUT2D eigenvalue weighted by molar-refractivity contribution is 5.84. The Labute approximate surface area is 120 Å². The Morgan fingerprint density at radius 2 is 2.00 bits per heavy atom. The lowest BCUT2D eigenvalue weighted by Crippen LogP contribution is -1.99. The molecular formula is C15H13FN4O. The van der Waals surface area contributed by atoms with E-state index in [0.717, 1.165) is 5.56 Å². The van der Waals surface area contributed by atoms with Gasteiger partial charge in [0.2, 0.25) is 5.95 Å². The number of rotatable bonds is 2. The standard InChI is InChI=1S/C15H13FN4O/c1-8-6-9(7-11-14(8)18-15(17)20-19-11)10-4-3-5-12(21-2)13(10)16/h3-7H,1-2H3,(H2,17,18,20). The monoisotopic (exact) mass is 284 g/mol. The number of nitrogens with zero attached hydrogens (tertiary/aromatic N) is 3. The van der Waals surface area contributed by atoms with Gasteiger partial charge < -0.3 is 10.5 Å². The van der Waals surface area contributed by atoms with Crippen LogP contribution in [0.3, 0.4) is 0 Å². The number of fused-ring (bicyclic) bond motifs is 1. The molecule has 2 aromatic carbocycles. The van der Waals surface area contributed by atoms with Crippen LogP contribution < -0.4 is 10.5 Å². The summed E-state index contributed by atoms with van der Waals surface area (Å²) in [7, 11) is 1.44. The molecule has 0 amide bonds. The number of nitrogen functional groups attached to an aromatic ring is 1. The van der Waals surface area contributed by atoms with Gasteiger partial charge in [0.05, 0.1) is 12.6 Å². The molecule has 0 aliphatic heterocycles. The fourth-order valence-electron chi connectivity index (χ4n) is 2.27. The maximum atomic E-state index is 14.4. The van der Waals surface area contributed by atoms with Crippen LogP contribution >= 0.6 is 0 Å². The number of halogens is 1. The molecule has 0 spiro atoms. The van der Waals surface area contributed by atoms with Crippen LogP contribution in [0.5, 0.6) is 5.75 Å². The number of hydrogen-bond acceptors (Lipinski definition) is 5. The Morgan fingerprint density at radius 1 is 1.19 bits per heavy atom. The van der Waals surface area contributed by atoms with Gasteiger partial charge in [-0.05, 0) is 36.2 Å². The van der Waals surface area contributed by atoms with E-state index in [1.165, 1.54) is 7.11 Å². The summed E-state index contributed by atoms with van der Waals surface area (Å²) in [5.74, 6) is -0.0900. The Kier molecular flexibility index (Phi) is 3.13. The Balaban J connectivity index is 2.24. The third-order valence-electron chi connectivity index (χ3n) is 3.26. The summed E-state index contributed by atoms with van der Waals surface area (Å²) in [4.78, 5) is 4.15. The van der Waals surface area contributed by atoms with Crippen molar-refractivity contribution in [3.8, 4) is 16.9 Å². The van der Waals surface area contributed by atoms with E-state index in [2.05, 4.69) is 15.2 Å². The van der Waals surface area contributed by atoms with Gasteiger partial charge in [0.1, 0.15) is 5.52 Å². The summed E-state index contributed by atoms with van der Waals surface area (Å²) >= 11 is 0. The maximum absolute atomic E-state index is 14.4. The molecule has 106 valence electrons. The average Bonchev–Trinajstić information content (AvgIpc) is 2.48. The molecular weight excluding hydrogens is 271 g/mol. The molecule has 0 radical (unpaired) electrons. The van der Waals surface area contributed by atoms with Gasteiger partial charge >= 0.3 is 0 Å². The van der Waals surface area contributed by atoms with Crippen molar-refractivity contribution in [2.75, 3.05) is 12.8 Å². The largest absolute Gasteiger partial charge is 0.494 e. The molecule has 0 aliphatic rings. The molecule has 0 unspecified atom stereocenters. The van der Waals surface area contributed by atoms with E-state index in [1.54, 1.807) is 24.3 Å². The molecule has 1 aromatic heterocycles. The van der Waals surface area contributed by atoms with Gasteiger partial charge in [-0.3, -0.25) is 0 Å². The first-order valence-corrected chi connectivity index (χ1v) is 6.33. The minimum atomic E-state index is -0.407. The van der Waals surface area contributed by atoms with Crippen molar-refractivity contribution in [3.05, 3.63) is 41.7 Å². The van der Waals surface area contributed by atoms with Crippen molar-refractivity contribution in [1.29, 1.82) is 0 Å². The lowest BCUT2D eigenvalue weighted by molar-refractivity contribution is 0.387. The molecule has 3 aromatic rings. The number of nitrogens with two attached hydrogens (primary N) is 1. The highest BCUT2D eigenvalue weighted by Gasteiger charge is 2.13. The molecule has 0 bridgehead atoms. The van der Waals surface area contributed by atoms with Gasteiger partial charge in [-0.2, -0.15) is 0 Å². The van der Waals surface area contributed by atoms with Crippen molar-refractivity contribution in [2.24, 2.45) is 0 Å². The SMILES string of the molecule is COc1cccc(-c2cc(C)c3nc(N)nnc3c2)c1F. The minimum Gasteiger partial charge on any atom is -0.494 e. The van der Waals surface area contributed by atoms with Crippen molar-refractivity contribution < 1.29 is 9.13 Å². The van der Waals surface area contributed by atoms with Gasteiger partial charge in [0.15, 0.2) is 11.6 Å². The molecule has 0 aliphatic carbocycles. The van der Waals surface area contributed by atoms with E-state index in [0.29, 0.717) is 22.2 Å². The Bertz CT molecular complexity index is 835. The van der Waals surface area contributed by atoms with Crippen LogP contribution in [0.25, 0.3) is 22.2 Å². The molecule has 0 atom stereocenters. The first-order valence-electron chi connectivity index (χ1n) is 6.33. The normalized spacial score (nSPS) is 10.8. The fraction of sp³-hybridized carbons (Fsp3) is 0.133. The third kappa shape index (κ3) is 2.24. The number of aromatic nitrogens is 3. The number of methoxy groups -OCH3 is 1. The van der Waals surface area contributed by atoms with Crippen LogP contribution in [0.1, 0.15) is 5.56 Å². The molecule has 0 saturated heterocycles. The topological polar surface area (TPSA) is 73.9 Å². The van der Waals surface area contributed by atoms with Crippen LogP contribution in [0.2, 0.25) is 0 Å². The van der Waals surface area contributed by atoms with Crippen molar-refractivity contribution >= 4 is 17.0 Å². The molecule has 3 rings (SSSR count). The average molecular weight is 284 g/mol. The molecule has 1 heterocycles. The van der Waals surface area contributed by atoms with E-state index in [4.69, 9.17) is 10.5 Å². The quantitative estimate of drug-likeness (QED) is 0.783. The summed E-state index contributed by atoms with van der Waals surface area (Å²) in [5, 5.41) is 7.75. The zero-order chi connectivity index (χ0) is 15.0. The van der Waals surface area contributed by atoms with Crippen LogP contribution in [0.4, 0.5) is 10.3 Å². The summed E-state index contributed by atoms with van der Waals surface area (Å²) < 4.78 is 19.4. The second-order valence-corrected chi connectivity index (χ2v) is 4.65. The molecule has 21 heavy (non-hydrogen) atoms. The van der Waals surface area contributed by atoms with Crippen LogP contribution in [-0.4, -0.2) is 22.3 Å². The molecule has 6 heteroatoms. The zero-order valence-corrected chi connectivity index (χ0v) is 11.6. The van der Waals surface area contributed by atoms with Gasteiger partial charge in [-0.1, -0.05) is 12.1 Å². The second kappa shape index (κ2) is 4.97. The van der Waals surface area contributed by atoms with Crippen LogP contribution in [0.15, 0.2) is 30.3 Å². The Morgan fingerprint density at radius 3 is 2.76 bits per heavy atom. The summed E-state index contributed by atoms with van der Waals surface area (Å²) in [6.45, 7) is 1.87. The predicted molar refractivity (Wildman–Crippen MR) is 78.4 cm³/mol. The molecule has 5 nitrogen and oxygen atoms in total. The summed E-state index contributed by atoms with van der Waals surface area (Å²) in [5.41, 5.74) is 8.76. The van der Waals surface area contributed by atoms with E-state index in [1.807, 2.05) is 13.0 Å². The Hall–Kier alpha value is -2.76. The van der Waals surface area contributed by atoms with Crippen LogP contribution in [0, 0.1) is 12.7 Å². The molecule has 0 fully saturated rings. The second-order valence-electron chi connectivity index (χ2n) is 4.65. The van der Waals surface area contributed by atoms with Crippen LogP contribution in [-0.2, 0) is 0 Å². The van der Waals surface area contributed by atoms with Crippen molar-refractivity contribution in [2.45, 2.75) is 6.92 Å². The van der Waals surface area contributed by atoms with Gasteiger partial charge in [-0.25, -0.2) is 9.37 Å². The molecule has 2 N–H and O–H groups in total. The predicted octanol–water partition coefficient (Wildman–Crippen LogP) is 2.73. The van der Waals surface area contributed by atoms with Crippen molar-refractivity contribution in [1.82, 2.24) is 15.2 Å². The first-order chi connectivity index (χ1) is 10.1. The number of benzene rings is 2. The maximum Gasteiger partial charge on any atom is 0.240 e. The summed E-state index contributed by atoms with van der Waals surface area (Å²) in [6, 6.07) is 8.59.